The molecular weight excluding hydrogens is 266 g/mol. The zero-order valence-electron chi connectivity index (χ0n) is 11.1. The number of nitrogens with one attached hydrogen (secondary N) is 1. The van der Waals surface area contributed by atoms with Gasteiger partial charge >= 0.3 is 5.97 Å². The standard InChI is InChI=1S/C14H18ClNO3/c1-3-4-5-12(14(18)19)16-13(17)11-8-10(15)7-6-9(11)2/h6-8,12H,3-5H2,1-2H3,(H,16,17)(H,18,19). The molecule has 0 radical (unpaired) electrons. The molecule has 1 unspecified atom stereocenters. The summed E-state index contributed by atoms with van der Waals surface area (Å²) in [5.74, 6) is -1.41. The summed E-state index contributed by atoms with van der Waals surface area (Å²) in [6.45, 7) is 3.76. The molecule has 5 heteroatoms. The van der Waals surface area contributed by atoms with Crippen LogP contribution in [0.5, 0.6) is 0 Å². The van der Waals surface area contributed by atoms with Crippen LogP contribution in [0.2, 0.25) is 5.02 Å². The monoisotopic (exact) mass is 283 g/mol. The SMILES string of the molecule is CCCCC(NC(=O)c1cc(Cl)ccc1C)C(=O)O. The van der Waals surface area contributed by atoms with Gasteiger partial charge in [0, 0.05) is 10.6 Å². The molecule has 4 nitrogen and oxygen atoms in total. The van der Waals surface area contributed by atoms with Gasteiger partial charge in [-0.15, -0.1) is 0 Å². The van der Waals surface area contributed by atoms with Gasteiger partial charge in [0.25, 0.3) is 5.91 Å². The third kappa shape index (κ3) is 4.56. The zero-order valence-corrected chi connectivity index (χ0v) is 11.8. The Morgan fingerprint density at radius 2 is 2.11 bits per heavy atom. The second-order valence-electron chi connectivity index (χ2n) is 4.47. The van der Waals surface area contributed by atoms with Crippen molar-refractivity contribution in [3.8, 4) is 0 Å². The summed E-state index contributed by atoms with van der Waals surface area (Å²) in [6, 6.07) is 4.12. The van der Waals surface area contributed by atoms with Gasteiger partial charge in [-0.1, -0.05) is 37.4 Å². The maximum atomic E-state index is 12.1. The van der Waals surface area contributed by atoms with E-state index in [4.69, 9.17) is 16.7 Å². The first-order chi connectivity index (χ1) is 8.95. The first kappa shape index (κ1) is 15.5. The number of carboxylic acid groups (broad SMARTS) is 1. The Hall–Kier alpha value is -1.55. The Morgan fingerprint density at radius 1 is 1.42 bits per heavy atom. The molecule has 0 aliphatic carbocycles. The van der Waals surface area contributed by atoms with Crippen LogP contribution >= 0.6 is 11.6 Å². The van der Waals surface area contributed by atoms with Crippen molar-refractivity contribution in [1.29, 1.82) is 0 Å². The molecule has 0 saturated heterocycles. The summed E-state index contributed by atoms with van der Waals surface area (Å²) in [4.78, 5) is 23.1. The van der Waals surface area contributed by atoms with E-state index < -0.39 is 17.9 Å². The van der Waals surface area contributed by atoms with Crippen molar-refractivity contribution in [1.82, 2.24) is 5.32 Å². The quantitative estimate of drug-likeness (QED) is 0.843. The van der Waals surface area contributed by atoms with Gasteiger partial charge in [0.15, 0.2) is 0 Å². The van der Waals surface area contributed by atoms with E-state index in [1.165, 1.54) is 0 Å². The van der Waals surface area contributed by atoms with E-state index in [2.05, 4.69) is 5.32 Å². The number of hydrogen-bond donors (Lipinski definition) is 2. The van der Waals surface area contributed by atoms with Gasteiger partial charge in [-0.25, -0.2) is 4.79 Å². The smallest absolute Gasteiger partial charge is 0.326 e. The maximum Gasteiger partial charge on any atom is 0.326 e. The number of amides is 1. The number of carboxylic acids is 1. The number of aliphatic carboxylic acids is 1. The molecule has 0 saturated carbocycles. The van der Waals surface area contributed by atoms with Crippen molar-refractivity contribution in [2.45, 2.75) is 39.2 Å². The van der Waals surface area contributed by atoms with Crippen molar-refractivity contribution in [2.24, 2.45) is 0 Å². The Kier molecular flexibility index (Phi) is 5.83. The van der Waals surface area contributed by atoms with Crippen LogP contribution in [-0.2, 0) is 4.79 Å². The maximum absolute atomic E-state index is 12.1. The average Bonchev–Trinajstić information content (AvgIpc) is 2.36. The van der Waals surface area contributed by atoms with Crippen LogP contribution in [0.25, 0.3) is 0 Å². The van der Waals surface area contributed by atoms with Crippen LogP contribution in [0.15, 0.2) is 18.2 Å². The number of carbonyl (C=O) groups excluding carboxylic acids is 1. The van der Waals surface area contributed by atoms with E-state index in [9.17, 15) is 9.59 Å². The normalized spacial score (nSPS) is 11.9. The minimum Gasteiger partial charge on any atom is -0.480 e. The predicted octanol–water partition coefficient (Wildman–Crippen LogP) is 3.02. The van der Waals surface area contributed by atoms with Gasteiger partial charge in [-0.2, -0.15) is 0 Å². The Labute approximate surface area is 117 Å². The second-order valence-corrected chi connectivity index (χ2v) is 4.90. The van der Waals surface area contributed by atoms with Crippen molar-refractivity contribution >= 4 is 23.5 Å². The third-order valence-corrected chi connectivity index (χ3v) is 3.13. The fraction of sp³-hybridized carbons (Fsp3) is 0.429. The van der Waals surface area contributed by atoms with Crippen LogP contribution in [0.1, 0.15) is 42.1 Å². The predicted molar refractivity (Wildman–Crippen MR) is 74.6 cm³/mol. The Morgan fingerprint density at radius 3 is 2.68 bits per heavy atom. The van der Waals surface area contributed by atoms with E-state index in [-0.39, 0.29) is 0 Å². The summed E-state index contributed by atoms with van der Waals surface area (Å²) in [7, 11) is 0. The fourth-order valence-electron chi connectivity index (χ4n) is 1.74. The molecular formula is C14H18ClNO3. The van der Waals surface area contributed by atoms with Crippen molar-refractivity contribution in [2.75, 3.05) is 0 Å². The highest BCUT2D eigenvalue weighted by Gasteiger charge is 2.20. The minimum atomic E-state index is -1.01. The molecule has 0 aliphatic heterocycles. The van der Waals surface area contributed by atoms with Crippen LogP contribution in [-0.4, -0.2) is 23.0 Å². The average molecular weight is 284 g/mol. The van der Waals surface area contributed by atoms with E-state index in [0.717, 1.165) is 18.4 Å². The number of rotatable bonds is 6. The van der Waals surface area contributed by atoms with E-state index in [1.54, 1.807) is 25.1 Å². The largest absolute Gasteiger partial charge is 0.480 e. The highest BCUT2D eigenvalue weighted by Crippen LogP contribution is 2.15. The Bertz CT molecular complexity index is 474. The fourth-order valence-corrected chi connectivity index (χ4v) is 1.91. The number of hydrogen-bond acceptors (Lipinski definition) is 2. The second kappa shape index (κ2) is 7.14. The number of aryl methyl sites for hydroxylation is 1. The molecule has 19 heavy (non-hydrogen) atoms. The molecule has 1 atom stereocenters. The van der Waals surface area contributed by atoms with E-state index in [1.807, 2.05) is 6.92 Å². The van der Waals surface area contributed by atoms with Crippen LogP contribution < -0.4 is 5.32 Å². The van der Waals surface area contributed by atoms with Gasteiger partial charge < -0.3 is 10.4 Å². The lowest BCUT2D eigenvalue weighted by molar-refractivity contribution is -0.139. The summed E-state index contributed by atoms with van der Waals surface area (Å²) in [5.41, 5.74) is 1.18. The molecule has 0 fully saturated rings. The summed E-state index contributed by atoms with van der Waals surface area (Å²) < 4.78 is 0. The van der Waals surface area contributed by atoms with Crippen LogP contribution in [0, 0.1) is 6.92 Å². The van der Waals surface area contributed by atoms with E-state index >= 15 is 0 Å². The Balaban J connectivity index is 2.81. The van der Waals surface area contributed by atoms with Crippen molar-refractivity contribution in [3.05, 3.63) is 34.3 Å². The highest BCUT2D eigenvalue weighted by molar-refractivity contribution is 6.31. The topological polar surface area (TPSA) is 66.4 Å². The number of carbonyl (C=O) groups is 2. The molecule has 1 aromatic rings. The molecule has 1 rings (SSSR count). The molecule has 104 valence electrons. The summed E-state index contributed by atoms with van der Waals surface area (Å²) in [5, 5.41) is 12.1. The zero-order chi connectivity index (χ0) is 14.4. The van der Waals surface area contributed by atoms with Gasteiger partial charge in [0.05, 0.1) is 0 Å². The first-order valence-electron chi connectivity index (χ1n) is 6.25. The number of halogens is 1. The van der Waals surface area contributed by atoms with Gasteiger partial charge in [-0.05, 0) is 31.0 Å². The molecule has 2 N–H and O–H groups in total. The third-order valence-electron chi connectivity index (χ3n) is 2.89. The summed E-state index contributed by atoms with van der Waals surface area (Å²) >= 11 is 5.85. The van der Waals surface area contributed by atoms with Crippen molar-refractivity contribution < 1.29 is 14.7 Å². The molecule has 0 aromatic heterocycles. The molecule has 1 aromatic carbocycles. The molecule has 0 spiro atoms. The lowest BCUT2D eigenvalue weighted by Crippen LogP contribution is -2.41. The van der Waals surface area contributed by atoms with E-state index in [0.29, 0.717) is 17.0 Å². The number of unbranched alkanes of at least 4 members (excludes halogenated alkanes) is 1. The molecule has 1 amide bonds. The molecule has 0 aliphatic rings. The van der Waals surface area contributed by atoms with Gasteiger partial charge in [0.2, 0.25) is 0 Å². The number of benzene rings is 1. The molecule has 0 bridgehead atoms. The van der Waals surface area contributed by atoms with Crippen molar-refractivity contribution in [3.63, 3.8) is 0 Å². The highest BCUT2D eigenvalue weighted by atomic mass is 35.5. The van der Waals surface area contributed by atoms with Gasteiger partial charge in [0.1, 0.15) is 6.04 Å². The van der Waals surface area contributed by atoms with Gasteiger partial charge in [-0.3, -0.25) is 4.79 Å². The first-order valence-corrected chi connectivity index (χ1v) is 6.63. The van der Waals surface area contributed by atoms with Crippen LogP contribution in [0.3, 0.4) is 0 Å². The molecule has 0 heterocycles. The minimum absolute atomic E-state index is 0.400. The lowest BCUT2D eigenvalue weighted by atomic mass is 10.1. The van der Waals surface area contributed by atoms with Crippen LogP contribution in [0.4, 0.5) is 0 Å². The summed E-state index contributed by atoms with van der Waals surface area (Å²) in [6.07, 6.45) is 2.07. The lowest BCUT2D eigenvalue weighted by Gasteiger charge is -2.15.